The van der Waals surface area contributed by atoms with Gasteiger partial charge in [0.25, 0.3) is 5.69 Å². The molecule has 1 aromatic carbocycles. The Labute approximate surface area is 92.4 Å². The molecule has 4 nitrogen and oxygen atoms in total. The molecule has 0 aliphatic heterocycles. The third-order valence-corrected chi connectivity index (χ3v) is 2.21. The summed E-state index contributed by atoms with van der Waals surface area (Å²) in [6, 6.07) is 6.46. The average Bonchev–Trinajstić information content (AvgIpc) is 2.28. The molecule has 0 N–H and O–H groups in total. The van der Waals surface area contributed by atoms with Crippen LogP contribution in [-0.2, 0) is 0 Å². The molecule has 0 amide bonds. The van der Waals surface area contributed by atoms with Gasteiger partial charge in [-0.1, -0.05) is 12.2 Å². The lowest BCUT2D eigenvalue weighted by atomic mass is 10.1. The SMILES string of the molecule is [CH2]/C=C/c1cnc2ccc([N+](=O)[O-])cc2c1. The van der Waals surface area contributed by atoms with Gasteiger partial charge in [0.2, 0.25) is 0 Å². The fourth-order valence-electron chi connectivity index (χ4n) is 1.48. The standard InChI is InChI=1S/C12H9N2O2/c1-2-3-9-6-10-7-11(14(15)16)4-5-12(10)13-8-9/h2-8H,1H2/b3-2+. The minimum absolute atomic E-state index is 0.0741. The molecule has 0 saturated carbocycles. The summed E-state index contributed by atoms with van der Waals surface area (Å²) in [6.07, 6.45) is 5.15. The van der Waals surface area contributed by atoms with Crippen molar-refractivity contribution in [1.29, 1.82) is 0 Å². The first-order chi connectivity index (χ1) is 7.70. The molecule has 1 heterocycles. The fraction of sp³-hybridized carbons (Fsp3) is 0. The lowest BCUT2D eigenvalue weighted by Crippen LogP contribution is -1.88. The summed E-state index contributed by atoms with van der Waals surface area (Å²) in [5.74, 6) is 0. The van der Waals surface area contributed by atoms with E-state index in [2.05, 4.69) is 11.9 Å². The van der Waals surface area contributed by atoms with Crippen molar-refractivity contribution in [2.75, 3.05) is 0 Å². The van der Waals surface area contributed by atoms with E-state index in [1.165, 1.54) is 12.1 Å². The Morgan fingerprint density at radius 3 is 2.88 bits per heavy atom. The zero-order valence-corrected chi connectivity index (χ0v) is 8.46. The first-order valence-electron chi connectivity index (χ1n) is 4.70. The van der Waals surface area contributed by atoms with Crippen LogP contribution in [0.4, 0.5) is 5.69 Å². The molecular weight excluding hydrogens is 204 g/mol. The van der Waals surface area contributed by atoms with Crippen LogP contribution < -0.4 is 0 Å². The molecule has 16 heavy (non-hydrogen) atoms. The molecule has 2 rings (SSSR count). The Morgan fingerprint density at radius 1 is 1.38 bits per heavy atom. The minimum atomic E-state index is -0.413. The molecular formula is C12H9N2O2. The number of non-ortho nitro benzene ring substituents is 1. The number of nitrogens with zero attached hydrogens (tertiary/aromatic N) is 2. The highest BCUT2D eigenvalue weighted by molar-refractivity contribution is 5.82. The van der Waals surface area contributed by atoms with Crippen molar-refractivity contribution in [3.8, 4) is 0 Å². The predicted molar refractivity (Wildman–Crippen MR) is 62.8 cm³/mol. The van der Waals surface area contributed by atoms with E-state index in [9.17, 15) is 10.1 Å². The van der Waals surface area contributed by atoms with Crippen LogP contribution in [-0.4, -0.2) is 9.91 Å². The third kappa shape index (κ3) is 1.91. The van der Waals surface area contributed by atoms with Gasteiger partial charge in [0.05, 0.1) is 10.4 Å². The molecule has 1 aromatic heterocycles. The first kappa shape index (κ1) is 10.3. The fourth-order valence-corrected chi connectivity index (χ4v) is 1.48. The van der Waals surface area contributed by atoms with Gasteiger partial charge in [-0.25, -0.2) is 0 Å². The van der Waals surface area contributed by atoms with Crippen LogP contribution in [0.3, 0.4) is 0 Å². The number of hydrogen-bond donors (Lipinski definition) is 0. The maximum Gasteiger partial charge on any atom is 0.270 e. The zero-order valence-electron chi connectivity index (χ0n) is 8.46. The number of pyridine rings is 1. The van der Waals surface area contributed by atoms with Crippen LogP contribution >= 0.6 is 0 Å². The summed E-state index contributed by atoms with van der Waals surface area (Å²) in [5, 5.41) is 11.4. The van der Waals surface area contributed by atoms with Gasteiger partial charge >= 0.3 is 0 Å². The molecule has 2 aromatic rings. The summed E-state index contributed by atoms with van der Waals surface area (Å²) < 4.78 is 0. The second-order valence-electron chi connectivity index (χ2n) is 3.31. The van der Waals surface area contributed by atoms with Crippen molar-refractivity contribution < 1.29 is 4.92 Å². The second kappa shape index (κ2) is 4.10. The Bertz CT molecular complexity index is 576. The van der Waals surface area contributed by atoms with Crippen molar-refractivity contribution in [3.63, 3.8) is 0 Å². The minimum Gasteiger partial charge on any atom is -0.258 e. The van der Waals surface area contributed by atoms with Gasteiger partial charge in [0, 0.05) is 23.7 Å². The molecule has 0 saturated heterocycles. The number of benzene rings is 1. The lowest BCUT2D eigenvalue weighted by Gasteiger charge is -1.98. The first-order valence-corrected chi connectivity index (χ1v) is 4.70. The number of rotatable bonds is 2. The molecule has 0 spiro atoms. The number of allylic oxidation sites excluding steroid dienone is 1. The second-order valence-corrected chi connectivity index (χ2v) is 3.31. The van der Waals surface area contributed by atoms with Crippen LogP contribution in [0.2, 0.25) is 0 Å². The topological polar surface area (TPSA) is 56.0 Å². The summed E-state index contributed by atoms with van der Waals surface area (Å²) in [4.78, 5) is 14.4. The maximum atomic E-state index is 10.6. The summed E-state index contributed by atoms with van der Waals surface area (Å²) in [7, 11) is 0. The summed E-state index contributed by atoms with van der Waals surface area (Å²) >= 11 is 0. The van der Waals surface area contributed by atoms with Crippen LogP contribution in [0.15, 0.2) is 36.5 Å². The van der Waals surface area contributed by atoms with E-state index in [1.807, 2.05) is 6.07 Å². The van der Waals surface area contributed by atoms with Crippen LogP contribution in [0.1, 0.15) is 5.56 Å². The molecule has 0 aliphatic rings. The summed E-state index contributed by atoms with van der Waals surface area (Å²) in [5.41, 5.74) is 1.69. The number of fused-ring (bicyclic) bond motifs is 1. The van der Waals surface area contributed by atoms with Crippen molar-refractivity contribution in [1.82, 2.24) is 4.98 Å². The van der Waals surface area contributed by atoms with Crippen molar-refractivity contribution in [2.45, 2.75) is 0 Å². The van der Waals surface area contributed by atoms with Crippen molar-refractivity contribution >= 4 is 22.7 Å². The van der Waals surface area contributed by atoms with E-state index in [4.69, 9.17) is 0 Å². The zero-order chi connectivity index (χ0) is 11.5. The van der Waals surface area contributed by atoms with Gasteiger partial charge in [0.15, 0.2) is 0 Å². The van der Waals surface area contributed by atoms with Gasteiger partial charge in [-0.05, 0) is 24.6 Å². The molecule has 79 valence electrons. The average molecular weight is 213 g/mol. The van der Waals surface area contributed by atoms with Crippen LogP contribution in [0.25, 0.3) is 17.0 Å². The smallest absolute Gasteiger partial charge is 0.258 e. The van der Waals surface area contributed by atoms with Crippen molar-refractivity contribution in [2.24, 2.45) is 0 Å². The molecule has 0 bridgehead atoms. The Morgan fingerprint density at radius 2 is 2.19 bits per heavy atom. The largest absolute Gasteiger partial charge is 0.270 e. The number of nitro groups is 1. The normalized spacial score (nSPS) is 11.1. The predicted octanol–water partition coefficient (Wildman–Crippen LogP) is 2.99. The molecule has 4 heteroatoms. The highest BCUT2D eigenvalue weighted by Crippen LogP contribution is 2.20. The van der Waals surface area contributed by atoms with E-state index in [0.29, 0.717) is 0 Å². The van der Waals surface area contributed by atoms with Crippen LogP contribution in [0, 0.1) is 17.0 Å². The third-order valence-electron chi connectivity index (χ3n) is 2.21. The monoisotopic (exact) mass is 213 g/mol. The van der Waals surface area contributed by atoms with Gasteiger partial charge in [-0.2, -0.15) is 0 Å². The van der Waals surface area contributed by atoms with E-state index >= 15 is 0 Å². The van der Waals surface area contributed by atoms with Crippen molar-refractivity contribution in [3.05, 3.63) is 59.1 Å². The van der Waals surface area contributed by atoms with Gasteiger partial charge in [-0.3, -0.25) is 15.1 Å². The van der Waals surface area contributed by atoms with E-state index < -0.39 is 4.92 Å². The van der Waals surface area contributed by atoms with E-state index in [-0.39, 0.29) is 5.69 Å². The molecule has 0 atom stereocenters. The molecule has 0 unspecified atom stereocenters. The summed E-state index contributed by atoms with van der Waals surface area (Å²) in [6.45, 7) is 3.59. The molecule has 0 aliphatic carbocycles. The Kier molecular flexibility index (Phi) is 2.64. The van der Waals surface area contributed by atoms with E-state index in [0.717, 1.165) is 16.5 Å². The number of nitro benzene ring substituents is 1. The highest BCUT2D eigenvalue weighted by atomic mass is 16.6. The Balaban J connectivity index is 2.60. The quantitative estimate of drug-likeness (QED) is 0.569. The maximum absolute atomic E-state index is 10.6. The van der Waals surface area contributed by atoms with Gasteiger partial charge < -0.3 is 0 Å². The lowest BCUT2D eigenvalue weighted by molar-refractivity contribution is -0.384. The number of hydrogen-bond acceptors (Lipinski definition) is 3. The van der Waals surface area contributed by atoms with Crippen LogP contribution in [0.5, 0.6) is 0 Å². The van der Waals surface area contributed by atoms with Gasteiger partial charge in [0.1, 0.15) is 0 Å². The van der Waals surface area contributed by atoms with E-state index in [1.54, 1.807) is 24.4 Å². The molecule has 1 radical (unpaired) electrons. The number of aromatic nitrogens is 1. The molecule has 0 fully saturated rings. The highest BCUT2D eigenvalue weighted by Gasteiger charge is 2.06. The van der Waals surface area contributed by atoms with Gasteiger partial charge in [-0.15, -0.1) is 0 Å². The Hall–Kier alpha value is -2.23.